The molecule has 0 bridgehead atoms. The number of halogens is 1. The van der Waals surface area contributed by atoms with Crippen molar-refractivity contribution >= 4 is 21.6 Å². The fourth-order valence-corrected chi connectivity index (χ4v) is 5.47. The maximum atomic E-state index is 6.50. The molecule has 0 saturated carbocycles. The average Bonchev–Trinajstić information content (AvgIpc) is 3.54. The van der Waals surface area contributed by atoms with Gasteiger partial charge in [-0.1, -0.05) is 58.4 Å². The minimum atomic E-state index is -0.232. The predicted octanol–water partition coefficient (Wildman–Crippen LogP) is 6.34. The van der Waals surface area contributed by atoms with E-state index in [2.05, 4.69) is 33.0 Å². The summed E-state index contributed by atoms with van der Waals surface area (Å²) in [5.41, 5.74) is 6.21. The van der Waals surface area contributed by atoms with E-state index in [1.807, 2.05) is 78.3 Å². The molecule has 3 aromatic carbocycles. The summed E-state index contributed by atoms with van der Waals surface area (Å²) >= 11 is 3.63. The van der Waals surface area contributed by atoms with Crippen LogP contribution in [0.15, 0.2) is 89.7 Å². The molecule has 186 valence electrons. The van der Waals surface area contributed by atoms with Crippen molar-refractivity contribution in [3.63, 3.8) is 0 Å². The van der Waals surface area contributed by atoms with Crippen LogP contribution in [0.25, 0.3) is 22.7 Å². The first-order valence-corrected chi connectivity index (χ1v) is 12.9. The highest BCUT2D eigenvalue weighted by molar-refractivity contribution is 9.10. The van der Waals surface area contributed by atoms with Gasteiger partial charge in [0.2, 0.25) is 11.8 Å². The number of hydrogen-bond acceptors (Lipinski definition) is 6. The molecule has 0 amide bonds. The number of para-hydroxylation sites is 1. The fraction of sp³-hybridized carbons (Fsp3) is 0.103. The van der Waals surface area contributed by atoms with Crippen molar-refractivity contribution < 1.29 is 9.47 Å². The molecule has 0 radical (unpaired) electrons. The molecule has 1 aliphatic heterocycles. The lowest BCUT2D eigenvalue weighted by atomic mass is 9.84. The van der Waals surface area contributed by atoms with Gasteiger partial charge in [-0.15, -0.1) is 5.10 Å². The SMILES string of the molecule is COc1ccc(C2c3c(C)nn(-c4ccccc4)c3Oc3ncn4nc(-c5ccccc5Br)nc4c32)cc1. The quantitative estimate of drug-likeness (QED) is 0.248. The third-order valence-corrected chi connectivity index (χ3v) is 7.48. The number of ether oxygens (including phenoxy) is 2. The van der Waals surface area contributed by atoms with Crippen LogP contribution in [0.4, 0.5) is 0 Å². The number of aromatic nitrogens is 6. The smallest absolute Gasteiger partial charge is 0.230 e. The van der Waals surface area contributed by atoms with E-state index in [1.54, 1.807) is 18.0 Å². The standard InChI is InChI=1S/C29H21BrN6O2/c1-17-23-24(18-12-14-20(37-2)15-13-18)25-27-32-26(21-10-6-7-11-22(21)30)34-35(27)16-31-28(25)38-29(23)36(33-17)19-8-4-3-5-9-19/h3-16,24H,1-2H3. The van der Waals surface area contributed by atoms with Gasteiger partial charge < -0.3 is 9.47 Å². The molecule has 3 aromatic heterocycles. The first kappa shape index (κ1) is 22.7. The molecule has 38 heavy (non-hydrogen) atoms. The van der Waals surface area contributed by atoms with Gasteiger partial charge in [0.05, 0.1) is 35.5 Å². The van der Waals surface area contributed by atoms with Crippen LogP contribution in [0.1, 0.15) is 28.3 Å². The molecule has 7 rings (SSSR count). The number of fused-ring (bicyclic) bond motifs is 4. The lowest BCUT2D eigenvalue weighted by Gasteiger charge is -2.26. The lowest BCUT2D eigenvalue weighted by Crippen LogP contribution is -2.16. The Bertz CT molecular complexity index is 1810. The number of aryl methyl sites for hydroxylation is 1. The van der Waals surface area contributed by atoms with Crippen LogP contribution in [0.3, 0.4) is 0 Å². The molecule has 0 aliphatic carbocycles. The van der Waals surface area contributed by atoms with Gasteiger partial charge in [-0.2, -0.15) is 5.10 Å². The summed E-state index contributed by atoms with van der Waals surface area (Å²) < 4.78 is 16.4. The summed E-state index contributed by atoms with van der Waals surface area (Å²) in [4.78, 5) is 9.67. The van der Waals surface area contributed by atoms with Gasteiger partial charge in [0, 0.05) is 10.0 Å². The minimum absolute atomic E-state index is 0.232. The van der Waals surface area contributed by atoms with Gasteiger partial charge in [-0.05, 0) is 48.9 Å². The van der Waals surface area contributed by atoms with Gasteiger partial charge >= 0.3 is 0 Å². The van der Waals surface area contributed by atoms with E-state index in [0.29, 0.717) is 23.2 Å². The first-order valence-electron chi connectivity index (χ1n) is 12.1. The van der Waals surface area contributed by atoms with Crippen LogP contribution in [-0.4, -0.2) is 36.5 Å². The monoisotopic (exact) mass is 564 g/mol. The van der Waals surface area contributed by atoms with Crippen molar-refractivity contribution in [1.82, 2.24) is 29.4 Å². The Morgan fingerprint density at radius 1 is 0.895 bits per heavy atom. The summed E-state index contributed by atoms with van der Waals surface area (Å²) in [6.45, 7) is 2.01. The van der Waals surface area contributed by atoms with Gasteiger partial charge in [0.25, 0.3) is 0 Å². The van der Waals surface area contributed by atoms with Crippen LogP contribution < -0.4 is 9.47 Å². The van der Waals surface area contributed by atoms with Crippen LogP contribution in [0.2, 0.25) is 0 Å². The van der Waals surface area contributed by atoms with Crippen molar-refractivity contribution in [1.29, 1.82) is 0 Å². The third-order valence-electron chi connectivity index (χ3n) is 6.78. The zero-order chi connectivity index (χ0) is 25.8. The molecule has 1 aliphatic rings. The Balaban J connectivity index is 1.49. The van der Waals surface area contributed by atoms with E-state index in [9.17, 15) is 0 Å². The zero-order valence-corrected chi connectivity index (χ0v) is 22.1. The molecular formula is C29H21BrN6O2. The topological polar surface area (TPSA) is 79.4 Å². The van der Waals surface area contributed by atoms with Crippen molar-refractivity contribution in [3.8, 4) is 34.6 Å². The van der Waals surface area contributed by atoms with Gasteiger partial charge in [-0.25, -0.2) is 19.2 Å². The van der Waals surface area contributed by atoms with Crippen molar-refractivity contribution in [2.45, 2.75) is 12.8 Å². The van der Waals surface area contributed by atoms with E-state index < -0.39 is 0 Å². The molecule has 0 saturated heterocycles. The number of hydrogen-bond donors (Lipinski definition) is 0. The van der Waals surface area contributed by atoms with Crippen molar-refractivity contribution in [3.05, 3.63) is 112 Å². The van der Waals surface area contributed by atoms with E-state index in [0.717, 1.165) is 43.9 Å². The molecule has 4 heterocycles. The Morgan fingerprint density at radius 2 is 1.66 bits per heavy atom. The second kappa shape index (κ2) is 8.81. The minimum Gasteiger partial charge on any atom is -0.497 e. The molecular weight excluding hydrogens is 544 g/mol. The Kier molecular flexibility index (Phi) is 5.26. The summed E-state index contributed by atoms with van der Waals surface area (Å²) in [6.07, 6.45) is 1.65. The lowest BCUT2D eigenvalue weighted by molar-refractivity contribution is 0.402. The Hall–Kier alpha value is -4.50. The molecule has 9 heteroatoms. The number of benzene rings is 3. The van der Waals surface area contributed by atoms with Crippen LogP contribution in [0.5, 0.6) is 17.5 Å². The zero-order valence-electron chi connectivity index (χ0n) is 20.5. The third kappa shape index (κ3) is 3.50. The molecule has 0 fully saturated rings. The molecule has 6 aromatic rings. The maximum absolute atomic E-state index is 6.50. The second-order valence-electron chi connectivity index (χ2n) is 9.01. The summed E-state index contributed by atoms with van der Waals surface area (Å²) in [6, 6.07) is 25.9. The van der Waals surface area contributed by atoms with E-state index >= 15 is 0 Å². The molecule has 1 atom stereocenters. The second-order valence-corrected chi connectivity index (χ2v) is 9.86. The fourth-order valence-electron chi connectivity index (χ4n) is 5.01. The number of methoxy groups -OCH3 is 1. The largest absolute Gasteiger partial charge is 0.497 e. The van der Waals surface area contributed by atoms with Crippen molar-refractivity contribution in [2.24, 2.45) is 0 Å². The molecule has 0 spiro atoms. The Labute approximate surface area is 226 Å². The Morgan fingerprint density at radius 3 is 2.42 bits per heavy atom. The molecule has 8 nitrogen and oxygen atoms in total. The van der Waals surface area contributed by atoms with E-state index in [1.165, 1.54) is 0 Å². The molecule has 1 unspecified atom stereocenters. The van der Waals surface area contributed by atoms with Gasteiger partial charge in [-0.3, -0.25) is 0 Å². The van der Waals surface area contributed by atoms with E-state index in [-0.39, 0.29) is 5.92 Å². The maximum Gasteiger partial charge on any atom is 0.230 e. The average molecular weight is 565 g/mol. The number of rotatable bonds is 4. The summed E-state index contributed by atoms with van der Waals surface area (Å²) in [5.74, 6) is 2.28. The van der Waals surface area contributed by atoms with E-state index in [4.69, 9.17) is 24.7 Å². The van der Waals surface area contributed by atoms with Crippen LogP contribution >= 0.6 is 15.9 Å². The summed E-state index contributed by atoms with van der Waals surface area (Å²) in [5, 5.41) is 9.64. The summed E-state index contributed by atoms with van der Waals surface area (Å²) in [7, 11) is 1.66. The van der Waals surface area contributed by atoms with Crippen molar-refractivity contribution in [2.75, 3.05) is 7.11 Å². The highest BCUT2D eigenvalue weighted by Crippen LogP contribution is 2.50. The van der Waals surface area contributed by atoms with Crippen LogP contribution in [0, 0.1) is 6.92 Å². The highest BCUT2D eigenvalue weighted by atomic mass is 79.9. The van der Waals surface area contributed by atoms with Gasteiger partial charge in [0.1, 0.15) is 12.1 Å². The molecule has 0 N–H and O–H groups in total. The predicted molar refractivity (Wildman–Crippen MR) is 146 cm³/mol. The number of nitrogens with zero attached hydrogens (tertiary/aromatic N) is 6. The van der Waals surface area contributed by atoms with Crippen LogP contribution in [-0.2, 0) is 0 Å². The highest BCUT2D eigenvalue weighted by Gasteiger charge is 2.38. The first-order chi connectivity index (χ1) is 18.6. The normalized spacial score (nSPS) is 14.1. The van der Waals surface area contributed by atoms with Gasteiger partial charge in [0.15, 0.2) is 11.5 Å².